The van der Waals surface area contributed by atoms with Gasteiger partial charge in [0, 0.05) is 5.30 Å². The van der Waals surface area contributed by atoms with E-state index in [2.05, 4.69) is 74.4 Å². The fraction of sp³-hybridized carbons (Fsp3) is 0.480. The zero-order chi connectivity index (χ0) is 23.1. The molecule has 0 aliphatic heterocycles. The Balaban J connectivity index is 2.85. The van der Waals surface area contributed by atoms with E-state index in [1.165, 1.54) is 22.0 Å². The van der Waals surface area contributed by atoms with E-state index in [9.17, 15) is 0 Å². The molecular formula is C25H34Cl3PSi. The summed E-state index contributed by atoms with van der Waals surface area (Å²) >= 11 is 20.8. The third-order valence-corrected chi connectivity index (χ3v) is 13.9. The van der Waals surface area contributed by atoms with Crippen molar-refractivity contribution < 1.29 is 0 Å². The molecule has 0 N–H and O–H groups in total. The van der Waals surface area contributed by atoms with E-state index < -0.39 is 6.69 Å². The van der Waals surface area contributed by atoms with Crippen molar-refractivity contribution in [3.63, 3.8) is 0 Å². The van der Waals surface area contributed by atoms with Gasteiger partial charge in [-0.05, 0) is 38.1 Å². The fourth-order valence-electron chi connectivity index (χ4n) is 3.27. The van der Waals surface area contributed by atoms with Crippen LogP contribution in [0.3, 0.4) is 0 Å². The quantitative estimate of drug-likeness (QED) is 0.229. The van der Waals surface area contributed by atoms with E-state index in [0.29, 0.717) is 4.38 Å². The molecule has 0 bridgehead atoms. The zero-order valence-electron chi connectivity index (χ0n) is 19.6. The maximum Gasteiger partial charge on any atom is 0.325 e. The first-order valence-electron chi connectivity index (χ1n) is 10.3. The molecule has 5 heteroatoms. The second-order valence-electron chi connectivity index (χ2n) is 11.0. The predicted molar refractivity (Wildman–Crippen MR) is 143 cm³/mol. The molecule has 0 fully saturated rings. The van der Waals surface area contributed by atoms with Crippen LogP contribution in [0.15, 0.2) is 42.5 Å². The zero-order valence-corrected chi connectivity index (χ0v) is 23.8. The fourth-order valence-corrected chi connectivity index (χ4v) is 8.73. The molecule has 2 rings (SSSR count). The Morgan fingerprint density at radius 1 is 0.733 bits per heavy atom. The number of hydrogen-bond donors (Lipinski definition) is 0. The van der Waals surface area contributed by atoms with Crippen LogP contribution < -0.4 is 10.5 Å². The van der Waals surface area contributed by atoms with Gasteiger partial charge in [-0.25, -0.2) is 0 Å². The van der Waals surface area contributed by atoms with Gasteiger partial charge < -0.3 is 0 Å². The maximum absolute atomic E-state index is 6.93. The summed E-state index contributed by atoms with van der Waals surface area (Å²) in [6.07, 6.45) is 0. The van der Waals surface area contributed by atoms with Gasteiger partial charge in [0.25, 0.3) is 0 Å². The molecule has 0 amide bonds. The second kappa shape index (κ2) is 8.91. The number of halogens is 3. The van der Waals surface area contributed by atoms with Gasteiger partial charge in [-0.15, -0.1) is 22.2 Å². The van der Waals surface area contributed by atoms with Crippen molar-refractivity contribution in [3.8, 4) is 0 Å². The Labute approximate surface area is 200 Å². The number of hydrogen-bond acceptors (Lipinski definition) is 0. The highest BCUT2D eigenvalue weighted by Crippen LogP contribution is 2.36. The molecule has 0 spiro atoms. The molecular weight excluding hydrogens is 466 g/mol. The summed E-state index contributed by atoms with van der Waals surface area (Å²) < 4.78 is 0.636. The maximum atomic E-state index is 6.93. The largest absolute Gasteiger partial charge is 0.325 e. The summed E-state index contributed by atoms with van der Waals surface area (Å²) in [6.45, 7) is 17.4. The Kier molecular flexibility index (Phi) is 7.71. The first-order valence-corrected chi connectivity index (χ1v) is 15.6. The highest BCUT2D eigenvalue weighted by molar-refractivity contribution is 7.80. The van der Waals surface area contributed by atoms with Crippen LogP contribution in [0.5, 0.6) is 0 Å². The normalized spacial score (nSPS) is 14.2. The van der Waals surface area contributed by atoms with Gasteiger partial charge in [0.15, 0.2) is 0 Å². The summed E-state index contributed by atoms with van der Waals surface area (Å²) in [4.78, 5) is 0. The minimum absolute atomic E-state index is 0.0314. The lowest BCUT2D eigenvalue weighted by atomic mass is 9.75. The average Bonchev–Trinajstić information content (AvgIpc) is 2.59. The summed E-state index contributed by atoms with van der Waals surface area (Å²) in [5.74, 6) is 0. The topological polar surface area (TPSA) is 0 Å². The van der Waals surface area contributed by atoms with Crippen LogP contribution in [0.25, 0.3) is 0 Å². The van der Waals surface area contributed by atoms with Crippen LogP contribution >= 0.6 is 42.0 Å². The third-order valence-electron chi connectivity index (χ3n) is 5.20. The summed E-state index contributed by atoms with van der Waals surface area (Å²) in [6, 6.07) is 14.6. The van der Waals surface area contributed by atoms with E-state index in [1.54, 1.807) is 0 Å². The average molecular weight is 500 g/mol. The van der Waals surface area contributed by atoms with Gasteiger partial charge in [0.2, 0.25) is 0 Å². The van der Waals surface area contributed by atoms with Crippen LogP contribution in [0.4, 0.5) is 0 Å². The van der Waals surface area contributed by atoms with Crippen LogP contribution in [0.2, 0.25) is 0 Å². The Bertz CT molecular complexity index is 893. The van der Waals surface area contributed by atoms with Crippen LogP contribution in [-0.4, -0.2) is 11.1 Å². The molecule has 0 aliphatic carbocycles. The van der Waals surface area contributed by atoms with Gasteiger partial charge in [-0.1, -0.05) is 125 Å². The number of rotatable bonds is 3. The van der Waals surface area contributed by atoms with E-state index in [-0.39, 0.29) is 16.2 Å². The molecule has 2 aromatic rings. The molecule has 30 heavy (non-hydrogen) atoms. The Morgan fingerprint density at radius 2 is 1.17 bits per heavy atom. The molecule has 0 heterocycles. The minimum Gasteiger partial charge on any atom is -0.132 e. The van der Waals surface area contributed by atoms with Crippen LogP contribution in [0.1, 0.15) is 79.0 Å². The molecule has 2 aromatic carbocycles. The first-order chi connectivity index (χ1) is 13.5. The van der Waals surface area contributed by atoms with Crippen LogP contribution in [0, 0.1) is 0 Å². The van der Waals surface area contributed by atoms with Crippen molar-refractivity contribution in [3.05, 3.63) is 59.2 Å². The van der Waals surface area contributed by atoms with Crippen molar-refractivity contribution in [2.75, 3.05) is 0 Å². The minimum atomic E-state index is -2.97. The van der Waals surface area contributed by atoms with Gasteiger partial charge in [-0.3, -0.25) is 0 Å². The van der Waals surface area contributed by atoms with E-state index >= 15 is 0 Å². The molecule has 164 valence electrons. The standard InChI is InChI=1S/C25H34Cl3PSi/c1-23(2,3)17-15-19(24(4,5)6)21(20(16-17)25(7,8)9)29-22(26)30(27,28)18-13-11-10-12-14-18/h10-16H,1-9H3. The lowest BCUT2D eigenvalue weighted by molar-refractivity contribution is 0.554. The number of benzene rings is 2. The van der Waals surface area contributed by atoms with Crippen molar-refractivity contribution >= 4 is 63.5 Å². The Hall–Kier alpha value is -0.303. The molecule has 0 aliphatic rings. The van der Waals surface area contributed by atoms with E-state index in [0.717, 1.165) is 13.4 Å². The second-order valence-corrected chi connectivity index (χ2v) is 19.7. The molecule has 0 nitrogen and oxygen atoms in total. The predicted octanol–water partition coefficient (Wildman–Crippen LogP) is 7.89. The summed E-state index contributed by atoms with van der Waals surface area (Å²) in [7, 11) is 0.906. The van der Waals surface area contributed by atoms with E-state index in [1.807, 2.05) is 30.3 Å². The molecule has 0 saturated carbocycles. The van der Waals surface area contributed by atoms with Gasteiger partial charge in [0.05, 0.1) is 4.38 Å². The molecule has 0 radical (unpaired) electrons. The lowest BCUT2D eigenvalue weighted by Crippen LogP contribution is -2.42. The molecule has 0 aromatic heterocycles. The van der Waals surface area contributed by atoms with Crippen molar-refractivity contribution in [2.45, 2.75) is 78.6 Å². The molecule has 0 atom stereocenters. The summed E-state index contributed by atoms with van der Waals surface area (Å²) in [5, 5.41) is 2.16. The van der Waals surface area contributed by atoms with Crippen LogP contribution in [-0.2, 0) is 16.2 Å². The highest BCUT2D eigenvalue weighted by Gasteiger charge is 2.37. The van der Waals surface area contributed by atoms with Gasteiger partial charge in [-0.2, -0.15) is 0 Å². The monoisotopic (exact) mass is 498 g/mol. The van der Waals surface area contributed by atoms with Crippen molar-refractivity contribution in [1.82, 2.24) is 0 Å². The molecule has 0 saturated heterocycles. The van der Waals surface area contributed by atoms with E-state index in [4.69, 9.17) is 33.8 Å². The SMILES string of the molecule is CC(C)(C)c1cc(C(C)(C)C)c(P=C(Cl)[Si](Cl)(Cl)c2ccccc2)c(C(C)(C)C)c1. The smallest absolute Gasteiger partial charge is 0.132 e. The Morgan fingerprint density at radius 3 is 1.53 bits per heavy atom. The van der Waals surface area contributed by atoms with Crippen molar-refractivity contribution in [1.29, 1.82) is 0 Å². The van der Waals surface area contributed by atoms with Crippen molar-refractivity contribution in [2.24, 2.45) is 0 Å². The third kappa shape index (κ3) is 5.93. The van der Waals surface area contributed by atoms with Gasteiger partial charge in [0.1, 0.15) is 0 Å². The molecule has 0 unspecified atom stereocenters. The summed E-state index contributed by atoms with van der Waals surface area (Å²) in [5.41, 5.74) is 3.96. The van der Waals surface area contributed by atoms with Gasteiger partial charge >= 0.3 is 6.69 Å². The highest BCUT2D eigenvalue weighted by atomic mass is 35.7. The first kappa shape index (κ1) is 26.0. The lowest BCUT2D eigenvalue weighted by Gasteiger charge is -2.33.